The van der Waals surface area contributed by atoms with Crippen molar-refractivity contribution in [3.8, 4) is 28.4 Å². The van der Waals surface area contributed by atoms with Crippen LogP contribution in [0.25, 0.3) is 27.4 Å². The highest BCUT2D eigenvalue weighted by Crippen LogP contribution is 2.36. The molecule has 0 atom stereocenters. The lowest BCUT2D eigenvalue weighted by Crippen LogP contribution is -2.30. The minimum atomic E-state index is -4.56. The number of nitrogens with one attached hydrogen (secondary N) is 1. The van der Waals surface area contributed by atoms with Crippen LogP contribution in [0, 0.1) is 18.9 Å². The summed E-state index contributed by atoms with van der Waals surface area (Å²) < 4.78 is 44.0. The number of carboxylic acids is 1. The van der Waals surface area contributed by atoms with Crippen molar-refractivity contribution in [3.05, 3.63) is 59.3 Å². The minimum Gasteiger partial charge on any atom is -0.481 e. The molecule has 0 aliphatic heterocycles. The lowest BCUT2D eigenvalue weighted by atomic mass is 9.95. The van der Waals surface area contributed by atoms with Crippen LogP contribution < -0.4 is 4.74 Å². The van der Waals surface area contributed by atoms with Crippen LogP contribution >= 0.6 is 0 Å². The number of halogens is 3. The first kappa shape index (κ1) is 22.8. The Morgan fingerprint density at radius 3 is 2.47 bits per heavy atom. The predicted molar refractivity (Wildman–Crippen MR) is 110 cm³/mol. The van der Waals surface area contributed by atoms with Gasteiger partial charge in [-0.2, -0.15) is 13.2 Å². The number of imidazole rings is 1. The number of rotatable bonds is 6. The molecule has 0 saturated heterocycles. The first-order chi connectivity index (χ1) is 14.9. The highest BCUT2D eigenvalue weighted by atomic mass is 19.4. The van der Waals surface area contributed by atoms with Gasteiger partial charge in [-0.3, -0.25) is 4.79 Å². The molecule has 0 saturated carbocycles. The van der Waals surface area contributed by atoms with Gasteiger partial charge in [-0.05, 0) is 38.0 Å². The second kappa shape index (κ2) is 8.34. The van der Waals surface area contributed by atoms with Gasteiger partial charge in [-0.25, -0.2) is 14.8 Å². The van der Waals surface area contributed by atoms with Crippen LogP contribution in [0.2, 0.25) is 0 Å². The third-order valence-corrected chi connectivity index (χ3v) is 4.81. The number of H-pyrrole nitrogens is 1. The van der Waals surface area contributed by atoms with Crippen molar-refractivity contribution in [1.82, 2.24) is 15.0 Å². The largest absolute Gasteiger partial charge is 0.481 e. The SMILES string of the molecule is [C-]#[N+]c1cc(-c2cnc(OCC(C)(C)C(=O)O)cc2C)ccc1-c1ncc(C(F)(F)F)[nH]1. The lowest BCUT2D eigenvalue weighted by molar-refractivity contribution is -0.148. The Balaban J connectivity index is 1.88. The number of carbonyl (C=O) groups is 1. The van der Waals surface area contributed by atoms with E-state index in [-0.39, 0.29) is 29.6 Å². The molecule has 0 aliphatic carbocycles. The van der Waals surface area contributed by atoms with E-state index in [4.69, 9.17) is 11.3 Å². The summed E-state index contributed by atoms with van der Waals surface area (Å²) in [5, 5.41) is 9.17. The van der Waals surface area contributed by atoms with Crippen molar-refractivity contribution >= 4 is 11.7 Å². The summed E-state index contributed by atoms with van der Waals surface area (Å²) in [6.45, 7) is 12.3. The number of aromatic amines is 1. The molecule has 0 radical (unpaired) electrons. The summed E-state index contributed by atoms with van der Waals surface area (Å²) in [5.74, 6) is -0.774. The average Bonchev–Trinajstić information content (AvgIpc) is 3.22. The molecule has 166 valence electrons. The second-order valence-electron chi connectivity index (χ2n) is 7.80. The van der Waals surface area contributed by atoms with E-state index in [1.165, 1.54) is 12.3 Å². The molecule has 2 heterocycles. The Kier molecular flexibility index (Phi) is 5.94. The molecule has 7 nitrogen and oxygen atoms in total. The van der Waals surface area contributed by atoms with Crippen LogP contribution in [-0.2, 0) is 11.0 Å². The zero-order valence-electron chi connectivity index (χ0n) is 17.4. The highest BCUT2D eigenvalue weighted by Gasteiger charge is 2.33. The topological polar surface area (TPSA) is 92.5 Å². The third-order valence-electron chi connectivity index (χ3n) is 4.81. The molecule has 1 aromatic carbocycles. The van der Waals surface area contributed by atoms with Gasteiger partial charge in [0.2, 0.25) is 5.88 Å². The zero-order chi connectivity index (χ0) is 23.7. The van der Waals surface area contributed by atoms with Gasteiger partial charge >= 0.3 is 12.1 Å². The van der Waals surface area contributed by atoms with E-state index < -0.39 is 23.3 Å². The standard InChI is InChI=1S/C22H19F3N4O3/c1-12-7-18(32-11-21(2,3)20(30)31)27-9-15(12)13-5-6-14(16(8-13)26-4)19-28-10-17(29-19)22(23,24)25/h5-10H,11H2,1-3H3,(H,28,29)(H,30,31). The van der Waals surface area contributed by atoms with Gasteiger partial charge in [-0.15, -0.1) is 0 Å². The molecular formula is C22H19F3N4O3. The Labute approximate surface area is 181 Å². The predicted octanol–water partition coefficient (Wildman–Crippen LogP) is 5.51. The number of aromatic nitrogens is 3. The van der Waals surface area contributed by atoms with Gasteiger partial charge in [0.15, 0.2) is 5.69 Å². The molecule has 32 heavy (non-hydrogen) atoms. The van der Waals surface area contributed by atoms with Crippen molar-refractivity contribution in [2.75, 3.05) is 6.61 Å². The Morgan fingerprint density at radius 1 is 1.19 bits per heavy atom. The number of benzene rings is 1. The number of hydrogen-bond donors (Lipinski definition) is 2. The van der Waals surface area contributed by atoms with E-state index in [2.05, 4.69) is 19.8 Å². The zero-order valence-corrected chi connectivity index (χ0v) is 17.4. The number of nitrogens with zero attached hydrogens (tertiary/aromatic N) is 3. The molecule has 0 amide bonds. The maximum Gasteiger partial charge on any atom is 0.432 e. The van der Waals surface area contributed by atoms with E-state index in [1.807, 2.05) is 0 Å². The number of aryl methyl sites for hydroxylation is 1. The van der Waals surface area contributed by atoms with E-state index in [0.717, 1.165) is 5.56 Å². The van der Waals surface area contributed by atoms with E-state index in [1.54, 1.807) is 39.0 Å². The summed E-state index contributed by atoms with van der Waals surface area (Å²) in [5.41, 5.74) is 0.422. The monoisotopic (exact) mass is 444 g/mol. The molecule has 2 N–H and O–H groups in total. The number of pyridine rings is 1. The smallest absolute Gasteiger partial charge is 0.432 e. The third kappa shape index (κ3) is 4.72. The second-order valence-corrected chi connectivity index (χ2v) is 7.80. The van der Waals surface area contributed by atoms with Gasteiger partial charge in [0.1, 0.15) is 18.1 Å². The average molecular weight is 444 g/mol. The fourth-order valence-corrected chi connectivity index (χ4v) is 2.82. The maximum atomic E-state index is 12.8. The van der Waals surface area contributed by atoms with E-state index >= 15 is 0 Å². The Morgan fingerprint density at radius 2 is 1.91 bits per heavy atom. The molecule has 2 aromatic heterocycles. The fourth-order valence-electron chi connectivity index (χ4n) is 2.82. The molecule has 3 rings (SSSR count). The molecular weight excluding hydrogens is 425 g/mol. The van der Waals surface area contributed by atoms with Crippen molar-refractivity contribution < 1.29 is 27.8 Å². The summed E-state index contributed by atoms with van der Waals surface area (Å²) in [6.07, 6.45) is -2.33. The van der Waals surface area contributed by atoms with Crippen molar-refractivity contribution in [1.29, 1.82) is 0 Å². The van der Waals surface area contributed by atoms with Crippen LogP contribution in [-0.4, -0.2) is 32.6 Å². The summed E-state index contributed by atoms with van der Waals surface area (Å²) in [4.78, 5) is 24.8. The summed E-state index contributed by atoms with van der Waals surface area (Å²) >= 11 is 0. The first-order valence-electron chi connectivity index (χ1n) is 9.39. The summed E-state index contributed by atoms with van der Waals surface area (Å²) in [6, 6.07) is 6.40. The van der Waals surface area contributed by atoms with Crippen LogP contribution in [0.4, 0.5) is 18.9 Å². The molecule has 0 fully saturated rings. The quantitative estimate of drug-likeness (QED) is 0.490. The fraction of sp³-hybridized carbons (Fsp3) is 0.273. The number of alkyl halides is 3. The normalized spacial score (nSPS) is 11.8. The number of carboxylic acid groups (broad SMARTS) is 1. The van der Waals surface area contributed by atoms with Crippen LogP contribution in [0.1, 0.15) is 25.1 Å². The number of ether oxygens (including phenoxy) is 1. The van der Waals surface area contributed by atoms with Gasteiger partial charge in [-0.1, -0.05) is 12.1 Å². The van der Waals surface area contributed by atoms with Gasteiger partial charge in [0.25, 0.3) is 0 Å². The number of aliphatic carboxylic acids is 1. The van der Waals surface area contributed by atoms with Gasteiger partial charge < -0.3 is 14.8 Å². The molecule has 0 unspecified atom stereocenters. The first-order valence-corrected chi connectivity index (χ1v) is 9.39. The van der Waals surface area contributed by atoms with Crippen molar-refractivity contribution in [3.63, 3.8) is 0 Å². The highest BCUT2D eigenvalue weighted by molar-refractivity contribution is 5.81. The van der Waals surface area contributed by atoms with E-state index in [9.17, 15) is 23.1 Å². The minimum absolute atomic E-state index is 0.0467. The molecule has 0 bridgehead atoms. The van der Waals surface area contributed by atoms with Crippen LogP contribution in [0.5, 0.6) is 5.88 Å². The molecule has 10 heteroatoms. The van der Waals surface area contributed by atoms with Gasteiger partial charge in [0, 0.05) is 23.4 Å². The maximum absolute atomic E-state index is 12.8. The van der Waals surface area contributed by atoms with Crippen LogP contribution in [0.3, 0.4) is 0 Å². The molecule has 0 spiro atoms. The summed E-state index contributed by atoms with van der Waals surface area (Å²) in [7, 11) is 0. The van der Waals surface area contributed by atoms with E-state index in [0.29, 0.717) is 17.3 Å². The van der Waals surface area contributed by atoms with Crippen LogP contribution in [0.15, 0.2) is 36.7 Å². The Bertz CT molecular complexity index is 1210. The van der Waals surface area contributed by atoms with Crippen molar-refractivity contribution in [2.45, 2.75) is 26.9 Å². The Hall–Kier alpha value is -3.87. The lowest BCUT2D eigenvalue weighted by Gasteiger charge is -2.19. The molecule has 3 aromatic rings. The molecule has 0 aliphatic rings. The number of hydrogen-bond acceptors (Lipinski definition) is 4. The van der Waals surface area contributed by atoms with Gasteiger partial charge in [0.05, 0.1) is 18.2 Å². The van der Waals surface area contributed by atoms with Crippen molar-refractivity contribution in [2.24, 2.45) is 5.41 Å².